The molecular weight excluding hydrogens is 383 g/mol. The van der Waals surface area contributed by atoms with Crippen molar-refractivity contribution in [2.24, 2.45) is 7.05 Å². The minimum atomic E-state index is -0.457. The molecule has 3 heterocycles. The maximum atomic E-state index is 14.0. The molecule has 3 aromatic rings. The molecule has 1 aromatic carbocycles. The number of aryl methyl sites for hydroxylation is 2. The summed E-state index contributed by atoms with van der Waals surface area (Å²) in [6, 6.07) is 6.55. The number of carbonyl (C=O) groups is 1. The van der Waals surface area contributed by atoms with Crippen LogP contribution in [0.3, 0.4) is 0 Å². The lowest BCUT2D eigenvalue weighted by atomic mass is 9.98. The Morgan fingerprint density at radius 1 is 1.30 bits per heavy atom. The van der Waals surface area contributed by atoms with Gasteiger partial charge in [0.2, 0.25) is 5.91 Å². The van der Waals surface area contributed by atoms with Crippen LogP contribution in [0.1, 0.15) is 35.7 Å². The molecule has 0 aliphatic carbocycles. The van der Waals surface area contributed by atoms with Gasteiger partial charge in [-0.3, -0.25) is 14.5 Å². The third kappa shape index (κ3) is 3.79. The molecule has 1 fully saturated rings. The zero-order chi connectivity index (χ0) is 21.3. The van der Waals surface area contributed by atoms with E-state index in [9.17, 15) is 9.18 Å². The van der Waals surface area contributed by atoms with Crippen molar-refractivity contribution in [1.82, 2.24) is 19.7 Å². The molecular formula is C23H25FN4O2. The van der Waals surface area contributed by atoms with Crippen molar-refractivity contribution >= 4 is 5.91 Å². The summed E-state index contributed by atoms with van der Waals surface area (Å²) in [5.41, 5.74) is 4.70. The Balaban J connectivity index is 1.61. The highest BCUT2D eigenvalue weighted by atomic mass is 19.1. The van der Waals surface area contributed by atoms with Crippen LogP contribution in [0.4, 0.5) is 4.39 Å². The minimum Gasteiger partial charge on any atom is -0.494 e. The molecule has 4 rings (SSSR count). The largest absolute Gasteiger partial charge is 0.494 e. The molecule has 1 atom stereocenters. The van der Waals surface area contributed by atoms with Gasteiger partial charge in [0.25, 0.3) is 0 Å². The predicted octanol–water partition coefficient (Wildman–Crippen LogP) is 3.84. The second-order valence-corrected chi connectivity index (χ2v) is 7.68. The maximum absolute atomic E-state index is 14.0. The molecule has 156 valence electrons. The van der Waals surface area contributed by atoms with Gasteiger partial charge in [-0.25, -0.2) is 4.39 Å². The highest BCUT2D eigenvalue weighted by Gasteiger charge is 2.33. The van der Waals surface area contributed by atoms with Gasteiger partial charge in [0.15, 0.2) is 11.6 Å². The first kappa shape index (κ1) is 20.1. The number of hydrogen-bond donors (Lipinski definition) is 0. The Bertz CT molecular complexity index is 1080. The van der Waals surface area contributed by atoms with Gasteiger partial charge < -0.3 is 9.64 Å². The van der Waals surface area contributed by atoms with Crippen LogP contribution in [-0.2, 0) is 18.3 Å². The Morgan fingerprint density at radius 2 is 2.13 bits per heavy atom. The van der Waals surface area contributed by atoms with Crippen LogP contribution < -0.4 is 4.74 Å². The maximum Gasteiger partial charge on any atom is 0.227 e. The van der Waals surface area contributed by atoms with E-state index >= 15 is 0 Å². The number of likely N-dealkylation sites (tertiary alicyclic amines) is 1. The van der Waals surface area contributed by atoms with Crippen LogP contribution in [0.5, 0.6) is 5.75 Å². The SMILES string of the molecule is COc1ccc(CC(=O)N2CCCC2c2nn(C)cc2-c2ccncc2C)cc1F. The van der Waals surface area contributed by atoms with Crippen LogP contribution in [0.2, 0.25) is 0 Å². The molecule has 1 aliphatic heterocycles. The summed E-state index contributed by atoms with van der Waals surface area (Å²) in [4.78, 5) is 19.2. The lowest BCUT2D eigenvalue weighted by molar-refractivity contribution is -0.131. The van der Waals surface area contributed by atoms with Gasteiger partial charge in [-0.2, -0.15) is 5.10 Å². The van der Waals surface area contributed by atoms with E-state index in [1.807, 2.05) is 37.3 Å². The molecule has 0 radical (unpaired) electrons. The topological polar surface area (TPSA) is 60.2 Å². The van der Waals surface area contributed by atoms with Crippen molar-refractivity contribution in [1.29, 1.82) is 0 Å². The molecule has 30 heavy (non-hydrogen) atoms. The fourth-order valence-corrected chi connectivity index (χ4v) is 4.18. The van der Waals surface area contributed by atoms with Crippen molar-refractivity contribution in [2.75, 3.05) is 13.7 Å². The standard InChI is InChI=1S/C23H25FN4O2/c1-15-13-25-9-8-17(15)18-14-27(2)26-23(18)20-5-4-10-28(20)22(29)12-16-6-7-21(30-3)19(24)11-16/h6-9,11,13-14,20H,4-5,10,12H2,1-3H3. The zero-order valence-electron chi connectivity index (χ0n) is 17.4. The molecule has 1 amide bonds. The van der Waals surface area contributed by atoms with Crippen molar-refractivity contribution in [3.05, 3.63) is 65.5 Å². The second-order valence-electron chi connectivity index (χ2n) is 7.68. The number of carbonyl (C=O) groups excluding carboxylic acids is 1. The fraction of sp³-hybridized carbons (Fsp3) is 0.348. The average molecular weight is 408 g/mol. The first-order chi connectivity index (χ1) is 14.5. The first-order valence-electron chi connectivity index (χ1n) is 10.0. The highest BCUT2D eigenvalue weighted by molar-refractivity contribution is 5.80. The molecule has 1 unspecified atom stereocenters. The van der Waals surface area contributed by atoms with E-state index < -0.39 is 5.82 Å². The van der Waals surface area contributed by atoms with E-state index in [-0.39, 0.29) is 24.1 Å². The minimum absolute atomic E-state index is 0.0230. The van der Waals surface area contributed by atoms with Gasteiger partial charge >= 0.3 is 0 Å². The summed E-state index contributed by atoms with van der Waals surface area (Å²) < 4.78 is 20.8. The Hall–Kier alpha value is -3.22. The molecule has 6 nitrogen and oxygen atoms in total. The number of ether oxygens (including phenoxy) is 1. The molecule has 0 saturated carbocycles. The van der Waals surface area contributed by atoms with E-state index in [1.165, 1.54) is 13.2 Å². The highest BCUT2D eigenvalue weighted by Crippen LogP contribution is 2.38. The number of nitrogens with zero attached hydrogens (tertiary/aromatic N) is 4. The van der Waals surface area contributed by atoms with Crippen LogP contribution in [0, 0.1) is 12.7 Å². The zero-order valence-corrected chi connectivity index (χ0v) is 17.4. The average Bonchev–Trinajstić information content (AvgIpc) is 3.35. The monoisotopic (exact) mass is 408 g/mol. The molecule has 0 bridgehead atoms. The third-order valence-corrected chi connectivity index (χ3v) is 5.63. The van der Waals surface area contributed by atoms with Crippen LogP contribution in [0.15, 0.2) is 42.9 Å². The molecule has 1 aliphatic rings. The van der Waals surface area contributed by atoms with Crippen molar-refractivity contribution < 1.29 is 13.9 Å². The van der Waals surface area contributed by atoms with Gasteiger partial charge in [0.1, 0.15) is 0 Å². The second kappa shape index (κ2) is 8.26. The summed E-state index contributed by atoms with van der Waals surface area (Å²) in [5.74, 6) is -0.304. The summed E-state index contributed by atoms with van der Waals surface area (Å²) >= 11 is 0. The fourth-order valence-electron chi connectivity index (χ4n) is 4.18. The van der Waals surface area contributed by atoms with E-state index in [0.29, 0.717) is 12.1 Å². The van der Waals surface area contributed by atoms with Gasteiger partial charge in [-0.15, -0.1) is 0 Å². The third-order valence-electron chi connectivity index (χ3n) is 5.63. The quantitative estimate of drug-likeness (QED) is 0.644. The van der Waals surface area contributed by atoms with Crippen LogP contribution in [-0.4, -0.2) is 39.2 Å². The smallest absolute Gasteiger partial charge is 0.227 e. The molecule has 0 spiro atoms. The van der Waals surface area contributed by atoms with E-state index in [1.54, 1.807) is 23.0 Å². The Labute approximate surface area is 175 Å². The molecule has 0 N–H and O–H groups in total. The summed E-state index contributed by atoms with van der Waals surface area (Å²) in [6.07, 6.45) is 7.53. The molecule has 7 heteroatoms. The van der Waals surface area contributed by atoms with Crippen LogP contribution in [0.25, 0.3) is 11.1 Å². The number of rotatable bonds is 5. The number of amides is 1. The lowest BCUT2D eigenvalue weighted by Gasteiger charge is -2.25. The number of hydrogen-bond acceptors (Lipinski definition) is 4. The normalized spacial score (nSPS) is 16.1. The van der Waals surface area contributed by atoms with Gasteiger partial charge in [0, 0.05) is 37.7 Å². The first-order valence-corrected chi connectivity index (χ1v) is 10.0. The Morgan fingerprint density at radius 3 is 2.87 bits per heavy atom. The lowest BCUT2D eigenvalue weighted by Crippen LogP contribution is -2.32. The van der Waals surface area contributed by atoms with Crippen LogP contribution >= 0.6 is 0 Å². The number of pyridine rings is 1. The Kier molecular flexibility index (Phi) is 5.53. The van der Waals surface area contributed by atoms with Gasteiger partial charge in [0.05, 0.1) is 25.3 Å². The number of halogens is 1. The number of methoxy groups -OCH3 is 1. The van der Waals surface area contributed by atoms with E-state index in [2.05, 4.69) is 4.98 Å². The van der Waals surface area contributed by atoms with Gasteiger partial charge in [-0.1, -0.05) is 6.07 Å². The molecule has 2 aromatic heterocycles. The number of aromatic nitrogens is 3. The summed E-state index contributed by atoms with van der Waals surface area (Å²) in [6.45, 7) is 2.70. The van der Waals surface area contributed by atoms with Crippen molar-refractivity contribution in [3.8, 4) is 16.9 Å². The summed E-state index contributed by atoms with van der Waals surface area (Å²) in [7, 11) is 3.32. The number of benzene rings is 1. The van der Waals surface area contributed by atoms with E-state index in [0.717, 1.165) is 35.2 Å². The van der Waals surface area contributed by atoms with Crippen molar-refractivity contribution in [2.45, 2.75) is 32.2 Å². The van der Waals surface area contributed by atoms with E-state index in [4.69, 9.17) is 9.84 Å². The summed E-state index contributed by atoms with van der Waals surface area (Å²) in [5, 5.41) is 4.71. The molecule has 1 saturated heterocycles. The van der Waals surface area contributed by atoms with Gasteiger partial charge in [-0.05, 0) is 54.7 Å². The van der Waals surface area contributed by atoms with Crippen molar-refractivity contribution in [3.63, 3.8) is 0 Å². The predicted molar refractivity (Wildman–Crippen MR) is 112 cm³/mol.